The topological polar surface area (TPSA) is 76.7 Å². The van der Waals surface area contributed by atoms with E-state index in [1.54, 1.807) is 30.8 Å². The molecule has 0 atom stereocenters. The third-order valence-corrected chi connectivity index (χ3v) is 4.88. The van der Waals surface area contributed by atoms with Gasteiger partial charge in [-0.2, -0.15) is 0 Å². The summed E-state index contributed by atoms with van der Waals surface area (Å²) < 4.78 is 11.4. The summed E-state index contributed by atoms with van der Waals surface area (Å²) in [7, 11) is 1.57. The number of carbonyl (C=O) groups is 1. The Morgan fingerprint density at radius 2 is 2.07 bits per heavy atom. The number of rotatable bonds is 4. The van der Waals surface area contributed by atoms with E-state index in [1.807, 2.05) is 43.3 Å². The highest BCUT2D eigenvalue weighted by Gasteiger charge is 2.16. The minimum absolute atomic E-state index is 0.209. The van der Waals surface area contributed by atoms with Crippen molar-refractivity contribution in [3.63, 3.8) is 0 Å². The van der Waals surface area contributed by atoms with Crippen molar-refractivity contribution in [2.75, 3.05) is 12.4 Å². The number of methoxy groups -OCH3 is 1. The van der Waals surface area contributed by atoms with Gasteiger partial charge in [-0.3, -0.25) is 10.1 Å². The van der Waals surface area contributed by atoms with Crippen molar-refractivity contribution in [3.8, 4) is 5.75 Å². The molecule has 1 amide bonds. The highest BCUT2D eigenvalue weighted by molar-refractivity contribution is 7.13. The van der Waals surface area contributed by atoms with E-state index >= 15 is 0 Å². The summed E-state index contributed by atoms with van der Waals surface area (Å²) in [6.45, 7) is 1.95. The van der Waals surface area contributed by atoms with Crippen molar-refractivity contribution in [1.82, 2.24) is 4.98 Å². The van der Waals surface area contributed by atoms with E-state index in [2.05, 4.69) is 15.3 Å². The smallest absolute Gasteiger partial charge is 0.262 e. The van der Waals surface area contributed by atoms with Crippen molar-refractivity contribution in [3.05, 3.63) is 76.8 Å². The maximum atomic E-state index is 12.9. The fourth-order valence-electron chi connectivity index (χ4n) is 2.78. The number of ether oxygens (including phenoxy) is 1. The van der Waals surface area contributed by atoms with Crippen LogP contribution in [0, 0.1) is 6.92 Å². The van der Waals surface area contributed by atoms with Gasteiger partial charge in [-0.15, -0.1) is 11.3 Å². The van der Waals surface area contributed by atoms with Crippen molar-refractivity contribution in [2.24, 2.45) is 4.99 Å². The Morgan fingerprint density at radius 1 is 1.21 bits per heavy atom. The molecule has 28 heavy (non-hydrogen) atoms. The van der Waals surface area contributed by atoms with Crippen LogP contribution in [0.2, 0.25) is 0 Å². The zero-order valence-corrected chi connectivity index (χ0v) is 16.1. The van der Waals surface area contributed by atoms with Gasteiger partial charge in [0.05, 0.1) is 12.8 Å². The number of para-hydroxylation sites is 2. The van der Waals surface area contributed by atoms with E-state index in [-0.39, 0.29) is 11.5 Å². The molecule has 6 nitrogen and oxygen atoms in total. The molecule has 0 saturated carbocycles. The second kappa shape index (κ2) is 7.66. The molecule has 2 aromatic carbocycles. The lowest BCUT2D eigenvalue weighted by atomic mass is 10.1. The fraction of sp³-hybridized carbons (Fsp3) is 0.0952. The lowest BCUT2D eigenvalue weighted by Crippen LogP contribution is -2.21. The molecule has 1 N–H and O–H groups in total. The molecular weight excluding hydrogens is 374 g/mol. The maximum absolute atomic E-state index is 12.9. The number of carbonyl (C=O) groups excluding carboxylic acids is 1. The van der Waals surface area contributed by atoms with Gasteiger partial charge in [-0.05, 0) is 30.7 Å². The Kier molecular flexibility index (Phi) is 4.90. The van der Waals surface area contributed by atoms with Gasteiger partial charge in [0, 0.05) is 17.0 Å². The number of nitrogens with one attached hydrogen (secondary N) is 1. The summed E-state index contributed by atoms with van der Waals surface area (Å²) in [4.78, 5) is 21.6. The molecule has 4 aromatic rings. The molecule has 0 saturated heterocycles. The molecule has 0 spiro atoms. The second-order valence-corrected chi connectivity index (χ2v) is 6.93. The number of hydrogen-bond donors (Lipinski definition) is 1. The number of fused-ring (bicyclic) bond motifs is 1. The van der Waals surface area contributed by atoms with E-state index < -0.39 is 0 Å². The van der Waals surface area contributed by atoms with Crippen LogP contribution in [0.3, 0.4) is 0 Å². The first kappa shape index (κ1) is 17.9. The number of aryl methyl sites for hydroxylation is 1. The highest BCUT2D eigenvalue weighted by Crippen LogP contribution is 2.25. The maximum Gasteiger partial charge on any atom is 0.262 e. The van der Waals surface area contributed by atoms with Crippen LogP contribution in [0.1, 0.15) is 15.9 Å². The molecule has 0 aliphatic heterocycles. The quantitative estimate of drug-likeness (QED) is 0.547. The Balaban J connectivity index is 1.93. The fourth-order valence-corrected chi connectivity index (χ4v) is 3.30. The van der Waals surface area contributed by atoms with Crippen LogP contribution in [0.25, 0.3) is 11.0 Å². The van der Waals surface area contributed by atoms with Gasteiger partial charge < -0.3 is 9.15 Å². The number of hydrogen-bond acceptors (Lipinski definition) is 6. The minimum Gasteiger partial charge on any atom is -0.493 e. The molecule has 0 bridgehead atoms. The third-order valence-electron chi connectivity index (χ3n) is 4.19. The summed E-state index contributed by atoms with van der Waals surface area (Å²) in [5.74, 6) is 0.237. The standard InChI is InChI=1S/C21H17N3O3S/c1-13-6-3-4-8-16(13)23-20-15(19(25)24-21-22-10-11-28-21)12-14-7-5-9-17(26-2)18(14)27-20/h3-12H,1-2H3,(H,22,24,25). The zero-order chi connectivity index (χ0) is 19.5. The molecule has 0 radical (unpaired) electrons. The van der Waals surface area contributed by atoms with E-state index in [0.717, 1.165) is 16.6 Å². The van der Waals surface area contributed by atoms with E-state index in [4.69, 9.17) is 9.15 Å². The molecule has 7 heteroatoms. The average molecular weight is 391 g/mol. The largest absolute Gasteiger partial charge is 0.493 e. The number of anilines is 1. The van der Waals surface area contributed by atoms with E-state index in [1.165, 1.54) is 11.3 Å². The molecule has 0 aliphatic rings. The van der Waals surface area contributed by atoms with Gasteiger partial charge in [0.25, 0.3) is 5.91 Å². The van der Waals surface area contributed by atoms with Crippen LogP contribution >= 0.6 is 11.3 Å². The second-order valence-electron chi connectivity index (χ2n) is 6.03. The first-order chi connectivity index (χ1) is 13.7. The average Bonchev–Trinajstić information content (AvgIpc) is 3.21. The first-order valence-corrected chi connectivity index (χ1v) is 9.46. The summed E-state index contributed by atoms with van der Waals surface area (Å²) >= 11 is 1.34. The predicted molar refractivity (Wildman–Crippen MR) is 109 cm³/mol. The van der Waals surface area contributed by atoms with E-state index in [0.29, 0.717) is 22.0 Å². The Morgan fingerprint density at radius 3 is 2.82 bits per heavy atom. The van der Waals surface area contributed by atoms with Crippen LogP contribution in [-0.4, -0.2) is 18.0 Å². The number of benzene rings is 2. The van der Waals surface area contributed by atoms with Crippen molar-refractivity contribution in [1.29, 1.82) is 0 Å². The number of nitrogens with zero attached hydrogens (tertiary/aromatic N) is 2. The van der Waals surface area contributed by atoms with Gasteiger partial charge in [0.2, 0.25) is 5.55 Å². The van der Waals surface area contributed by atoms with Crippen LogP contribution in [0.5, 0.6) is 5.75 Å². The Labute approximate surface area is 165 Å². The van der Waals surface area contributed by atoms with Gasteiger partial charge in [0.1, 0.15) is 5.56 Å². The zero-order valence-electron chi connectivity index (χ0n) is 15.3. The number of amides is 1. The van der Waals surface area contributed by atoms with Gasteiger partial charge in [0.15, 0.2) is 16.5 Å². The molecule has 2 heterocycles. The lowest BCUT2D eigenvalue weighted by Gasteiger charge is -2.08. The predicted octanol–water partition coefficient (Wildman–Crippen LogP) is 4.69. The first-order valence-electron chi connectivity index (χ1n) is 8.58. The lowest BCUT2D eigenvalue weighted by molar-refractivity contribution is 0.102. The molecule has 140 valence electrons. The van der Waals surface area contributed by atoms with Crippen molar-refractivity contribution < 1.29 is 13.9 Å². The van der Waals surface area contributed by atoms with Crippen LogP contribution in [0.4, 0.5) is 10.8 Å². The highest BCUT2D eigenvalue weighted by atomic mass is 32.1. The van der Waals surface area contributed by atoms with Crippen LogP contribution in [-0.2, 0) is 0 Å². The third kappa shape index (κ3) is 3.52. The molecule has 4 rings (SSSR count). The molecule has 0 aliphatic carbocycles. The summed E-state index contributed by atoms with van der Waals surface area (Å²) in [5, 5.41) is 5.84. The summed E-state index contributed by atoms with van der Waals surface area (Å²) in [6, 6.07) is 14.9. The van der Waals surface area contributed by atoms with Gasteiger partial charge in [-0.1, -0.05) is 30.3 Å². The Hall–Kier alpha value is -3.45. The minimum atomic E-state index is -0.337. The monoisotopic (exact) mass is 391 g/mol. The number of aromatic nitrogens is 1. The molecule has 2 aromatic heterocycles. The van der Waals surface area contributed by atoms with Crippen LogP contribution in [0.15, 0.2) is 69.5 Å². The molecule has 0 unspecified atom stereocenters. The summed E-state index contributed by atoms with van der Waals surface area (Å²) in [5.41, 5.74) is 2.76. The van der Waals surface area contributed by atoms with Gasteiger partial charge in [-0.25, -0.2) is 9.98 Å². The van der Waals surface area contributed by atoms with Gasteiger partial charge >= 0.3 is 0 Å². The molecular formula is C21H17N3O3S. The number of thiazole rings is 1. The van der Waals surface area contributed by atoms with Crippen molar-refractivity contribution >= 4 is 39.0 Å². The van der Waals surface area contributed by atoms with Crippen molar-refractivity contribution in [2.45, 2.75) is 6.92 Å². The summed E-state index contributed by atoms with van der Waals surface area (Å²) in [6.07, 6.45) is 1.63. The Bertz CT molecular complexity index is 1210. The van der Waals surface area contributed by atoms with E-state index in [9.17, 15) is 4.79 Å². The van der Waals surface area contributed by atoms with Crippen LogP contribution < -0.4 is 15.6 Å². The normalized spacial score (nSPS) is 11.6. The SMILES string of the molecule is COc1cccc2cc(C(=O)Nc3nccs3)c(=Nc3ccccc3C)oc12. The molecule has 0 fully saturated rings.